The highest BCUT2D eigenvalue weighted by atomic mass is 35.5. The summed E-state index contributed by atoms with van der Waals surface area (Å²) in [6, 6.07) is 15.5. The Morgan fingerprint density at radius 3 is 2.87 bits per heavy atom. The monoisotopic (exact) mass is 420 g/mol. The fraction of sp³-hybridized carbons (Fsp3) is 0.130. The maximum Gasteiger partial charge on any atom is 0.322 e. The van der Waals surface area contributed by atoms with Gasteiger partial charge in [-0.25, -0.2) is 9.18 Å². The molecule has 5 rings (SSSR count). The number of para-hydroxylation sites is 1. The molecule has 0 unspecified atom stereocenters. The number of aromatic amines is 1. The molecule has 1 aliphatic heterocycles. The zero-order valence-electron chi connectivity index (χ0n) is 15.9. The number of carbonyl (C=O) groups is 1. The fourth-order valence-corrected chi connectivity index (χ4v) is 4.29. The smallest absolute Gasteiger partial charge is 0.322 e. The second-order valence-electron chi connectivity index (χ2n) is 7.25. The molecule has 3 heterocycles. The van der Waals surface area contributed by atoms with E-state index in [4.69, 9.17) is 11.6 Å². The van der Waals surface area contributed by atoms with Crippen molar-refractivity contribution in [1.29, 1.82) is 0 Å². The molecule has 0 fully saturated rings. The summed E-state index contributed by atoms with van der Waals surface area (Å²) in [7, 11) is 0. The van der Waals surface area contributed by atoms with Crippen molar-refractivity contribution in [2.24, 2.45) is 0 Å². The molecule has 7 heteroatoms. The summed E-state index contributed by atoms with van der Waals surface area (Å²) in [5.74, 6) is -0.524. The van der Waals surface area contributed by atoms with Gasteiger partial charge in [-0.3, -0.25) is 4.98 Å². The highest BCUT2D eigenvalue weighted by Crippen LogP contribution is 2.38. The number of H-pyrrole nitrogens is 1. The topological polar surface area (TPSA) is 61.0 Å². The van der Waals surface area contributed by atoms with E-state index in [-0.39, 0.29) is 17.1 Å². The lowest BCUT2D eigenvalue weighted by atomic mass is 9.93. The van der Waals surface area contributed by atoms with Crippen LogP contribution in [0, 0.1) is 5.82 Å². The Bertz CT molecular complexity index is 1240. The van der Waals surface area contributed by atoms with Crippen molar-refractivity contribution < 1.29 is 9.18 Å². The van der Waals surface area contributed by atoms with Crippen LogP contribution in [0.3, 0.4) is 0 Å². The first-order valence-electron chi connectivity index (χ1n) is 9.64. The summed E-state index contributed by atoms with van der Waals surface area (Å²) in [6.07, 6.45) is 4.22. The van der Waals surface area contributed by atoms with Gasteiger partial charge in [0.1, 0.15) is 11.9 Å². The average molecular weight is 421 g/mol. The number of nitrogens with zero attached hydrogens (tertiary/aromatic N) is 2. The molecule has 2 amide bonds. The quantitative estimate of drug-likeness (QED) is 0.447. The lowest BCUT2D eigenvalue weighted by Gasteiger charge is -2.36. The molecule has 1 aliphatic rings. The number of amides is 2. The number of rotatable bonds is 2. The molecule has 4 aromatic rings. The van der Waals surface area contributed by atoms with Gasteiger partial charge < -0.3 is 15.2 Å². The van der Waals surface area contributed by atoms with E-state index >= 15 is 0 Å². The first kappa shape index (κ1) is 18.6. The van der Waals surface area contributed by atoms with E-state index in [0.717, 1.165) is 23.2 Å². The highest BCUT2D eigenvalue weighted by Gasteiger charge is 2.34. The van der Waals surface area contributed by atoms with Crippen molar-refractivity contribution in [2.45, 2.75) is 12.5 Å². The molecule has 0 aliphatic carbocycles. The van der Waals surface area contributed by atoms with Crippen molar-refractivity contribution in [3.05, 3.63) is 94.7 Å². The van der Waals surface area contributed by atoms with Crippen LogP contribution in [0.25, 0.3) is 10.9 Å². The predicted molar refractivity (Wildman–Crippen MR) is 115 cm³/mol. The third-order valence-electron chi connectivity index (χ3n) is 5.47. The molecule has 2 N–H and O–H groups in total. The molecule has 30 heavy (non-hydrogen) atoms. The molecule has 2 aromatic carbocycles. The summed E-state index contributed by atoms with van der Waals surface area (Å²) >= 11 is 5.87. The van der Waals surface area contributed by atoms with Crippen molar-refractivity contribution in [3.63, 3.8) is 0 Å². The van der Waals surface area contributed by atoms with Crippen LogP contribution in [0.5, 0.6) is 0 Å². The van der Waals surface area contributed by atoms with E-state index in [0.29, 0.717) is 12.2 Å². The van der Waals surface area contributed by atoms with Crippen LogP contribution in [0.2, 0.25) is 5.02 Å². The number of anilines is 1. The van der Waals surface area contributed by atoms with Crippen LogP contribution in [-0.4, -0.2) is 27.4 Å². The van der Waals surface area contributed by atoms with Gasteiger partial charge in [-0.05, 0) is 47.9 Å². The predicted octanol–water partition coefficient (Wildman–Crippen LogP) is 5.54. The SMILES string of the molecule is O=C(Nc1ccc(F)c(Cl)c1)N1CCc2c([nH]c3ccccc23)[C@H]1c1cccnc1. The number of halogens is 2. The molecule has 0 spiro atoms. The lowest BCUT2D eigenvalue weighted by Crippen LogP contribution is -2.43. The number of hydrogen-bond acceptors (Lipinski definition) is 2. The van der Waals surface area contributed by atoms with Gasteiger partial charge >= 0.3 is 6.03 Å². The third-order valence-corrected chi connectivity index (χ3v) is 5.76. The average Bonchev–Trinajstić information content (AvgIpc) is 3.15. The number of fused-ring (bicyclic) bond motifs is 3. The number of nitrogens with one attached hydrogen (secondary N) is 2. The van der Waals surface area contributed by atoms with E-state index in [2.05, 4.69) is 21.4 Å². The molecule has 0 radical (unpaired) electrons. The minimum atomic E-state index is -0.524. The number of aromatic nitrogens is 2. The molecule has 0 saturated carbocycles. The Morgan fingerprint density at radius 1 is 1.20 bits per heavy atom. The standard InChI is InChI=1S/C23H18ClFN4O/c24-18-12-15(7-8-19(18)25)27-23(30)29-11-9-17-16-5-1-2-6-20(16)28-21(17)22(29)14-4-3-10-26-13-14/h1-8,10,12-13,22,28H,9,11H2,(H,27,30)/t22-/m1/s1. The molecule has 1 atom stereocenters. The third kappa shape index (κ3) is 3.19. The summed E-state index contributed by atoms with van der Waals surface area (Å²) < 4.78 is 13.5. The molecular weight excluding hydrogens is 403 g/mol. The van der Waals surface area contributed by atoms with Gasteiger partial charge in [-0.15, -0.1) is 0 Å². The Labute approximate surface area is 177 Å². The van der Waals surface area contributed by atoms with E-state index in [9.17, 15) is 9.18 Å². The van der Waals surface area contributed by atoms with E-state index in [1.54, 1.807) is 17.3 Å². The first-order valence-corrected chi connectivity index (χ1v) is 10.0. The van der Waals surface area contributed by atoms with Crippen molar-refractivity contribution in [2.75, 3.05) is 11.9 Å². The molecule has 2 aromatic heterocycles. The van der Waals surface area contributed by atoms with Crippen LogP contribution in [-0.2, 0) is 6.42 Å². The number of benzene rings is 2. The van der Waals surface area contributed by atoms with E-state index < -0.39 is 5.82 Å². The summed E-state index contributed by atoms with van der Waals surface area (Å²) in [4.78, 5) is 22.8. The van der Waals surface area contributed by atoms with E-state index in [1.165, 1.54) is 29.1 Å². The van der Waals surface area contributed by atoms with Gasteiger partial charge in [0.25, 0.3) is 0 Å². The molecule has 0 saturated heterocycles. The minimum Gasteiger partial charge on any atom is -0.356 e. The van der Waals surface area contributed by atoms with Crippen molar-refractivity contribution in [1.82, 2.24) is 14.9 Å². The van der Waals surface area contributed by atoms with Gasteiger partial charge in [0.15, 0.2) is 0 Å². The second kappa shape index (κ2) is 7.46. The Kier molecular flexibility index (Phi) is 4.64. The Balaban J connectivity index is 1.55. The molecular formula is C23H18ClFN4O. The van der Waals surface area contributed by atoms with Crippen LogP contribution >= 0.6 is 11.6 Å². The van der Waals surface area contributed by atoms with Crippen LogP contribution < -0.4 is 5.32 Å². The first-order chi connectivity index (χ1) is 14.6. The maximum atomic E-state index is 13.5. The number of pyridine rings is 1. The number of hydrogen-bond donors (Lipinski definition) is 2. The van der Waals surface area contributed by atoms with Gasteiger partial charge in [0, 0.05) is 41.2 Å². The summed E-state index contributed by atoms with van der Waals surface area (Å²) in [6.45, 7) is 0.537. The van der Waals surface area contributed by atoms with E-state index in [1.807, 2.05) is 30.3 Å². The van der Waals surface area contributed by atoms with Crippen LogP contribution in [0.15, 0.2) is 67.0 Å². The second-order valence-corrected chi connectivity index (χ2v) is 7.66. The lowest BCUT2D eigenvalue weighted by molar-refractivity contribution is 0.193. The largest absolute Gasteiger partial charge is 0.356 e. The normalized spacial score (nSPS) is 15.8. The Hall–Kier alpha value is -3.38. The van der Waals surface area contributed by atoms with Crippen molar-refractivity contribution >= 4 is 34.2 Å². The zero-order valence-corrected chi connectivity index (χ0v) is 16.7. The molecule has 0 bridgehead atoms. The zero-order chi connectivity index (χ0) is 20.7. The Morgan fingerprint density at radius 2 is 2.07 bits per heavy atom. The van der Waals surface area contributed by atoms with Gasteiger partial charge in [0.05, 0.1) is 5.02 Å². The summed E-state index contributed by atoms with van der Waals surface area (Å²) in [5, 5.41) is 3.98. The number of urea groups is 1. The van der Waals surface area contributed by atoms with Gasteiger partial charge in [-0.2, -0.15) is 0 Å². The molecule has 150 valence electrons. The highest BCUT2D eigenvalue weighted by molar-refractivity contribution is 6.31. The number of carbonyl (C=O) groups excluding carboxylic acids is 1. The summed E-state index contributed by atoms with van der Waals surface area (Å²) in [5.41, 5.74) is 4.61. The van der Waals surface area contributed by atoms with Crippen molar-refractivity contribution in [3.8, 4) is 0 Å². The van der Waals surface area contributed by atoms with Gasteiger partial charge in [-0.1, -0.05) is 35.9 Å². The minimum absolute atomic E-state index is 0.0341. The maximum absolute atomic E-state index is 13.5. The molecule has 5 nitrogen and oxygen atoms in total. The van der Waals surface area contributed by atoms with Gasteiger partial charge in [0.2, 0.25) is 0 Å². The van der Waals surface area contributed by atoms with Crippen LogP contribution in [0.1, 0.15) is 22.9 Å². The van der Waals surface area contributed by atoms with Crippen LogP contribution in [0.4, 0.5) is 14.9 Å². The fourth-order valence-electron chi connectivity index (χ4n) is 4.11.